The third-order valence-corrected chi connectivity index (χ3v) is 9.30. The number of rotatable bonds is 1. The summed E-state index contributed by atoms with van der Waals surface area (Å²) in [6.07, 6.45) is 0. The lowest BCUT2D eigenvalue weighted by molar-refractivity contribution is 1.19. The third kappa shape index (κ3) is 2.60. The Hall–Kier alpha value is -4.66. The highest BCUT2D eigenvalue weighted by Crippen LogP contribution is 2.49. The van der Waals surface area contributed by atoms with Crippen LogP contribution >= 0.6 is 11.3 Å². The fourth-order valence-electron chi connectivity index (χ4n) is 6.52. The molecule has 7 aromatic carbocycles. The summed E-state index contributed by atoms with van der Waals surface area (Å²) in [5, 5.41) is 13.2. The van der Waals surface area contributed by atoms with Gasteiger partial charge in [0.15, 0.2) is 0 Å². The Morgan fingerprint density at radius 1 is 0.447 bits per heavy atom. The molecule has 0 radical (unpaired) electrons. The Balaban J connectivity index is 1.61. The number of nitrogens with zero attached hydrogens (tertiary/aromatic N) is 1. The first kappa shape index (κ1) is 20.4. The number of benzene rings is 7. The van der Waals surface area contributed by atoms with Gasteiger partial charge >= 0.3 is 0 Å². The number of para-hydroxylation sites is 1. The monoisotopic (exact) mass is 499 g/mol. The maximum Gasteiger partial charge on any atom is 0.0726 e. The molecule has 2 aromatic heterocycles. The van der Waals surface area contributed by atoms with E-state index < -0.39 is 0 Å². The average Bonchev–Trinajstić information content (AvgIpc) is 3.53. The minimum Gasteiger partial charge on any atom is -0.308 e. The second-order valence-electron chi connectivity index (χ2n) is 10.1. The maximum atomic E-state index is 2.50. The maximum absolute atomic E-state index is 2.50. The molecule has 0 unspecified atom stereocenters. The topological polar surface area (TPSA) is 4.93 Å². The minimum absolute atomic E-state index is 1.20. The van der Waals surface area contributed by atoms with Crippen molar-refractivity contribution in [1.82, 2.24) is 4.57 Å². The molecule has 0 saturated carbocycles. The van der Waals surface area contributed by atoms with Crippen molar-refractivity contribution < 1.29 is 0 Å². The van der Waals surface area contributed by atoms with Crippen LogP contribution in [-0.4, -0.2) is 4.57 Å². The largest absolute Gasteiger partial charge is 0.308 e. The van der Waals surface area contributed by atoms with E-state index in [9.17, 15) is 0 Å². The first-order chi connectivity index (χ1) is 18.9. The third-order valence-electron chi connectivity index (χ3n) is 8.12. The molecule has 0 atom stereocenters. The normalized spacial score (nSPS) is 12.2. The Morgan fingerprint density at radius 3 is 2.03 bits per heavy atom. The van der Waals surface area contributed by atoms with Gasteiger partial charge in [0.25, 0.3) is 0 Å². The molecule has 1 nitrogen and oxygen atoms in total. The first-order valence-electron chi connectivity index (χ1n) is 13.0. The van der Waals surface area contributed by atoms with Crippen LogP contribution in [0.25, 0.3) is 80.0 Å². The van der Waals surface area contributed by atoms with Gasteiger partial charge in [-0.05, 0) is 56.6 Å². The van der Waals surface area contributed by atoms with E-state index in [1.807, 2.05) is 11.3 Å². The molecule has 2 heterocycles. The van der Waals surface area contributed by atoms with E-state index in [1.54, 1.807) is 0 Å². The quantitative estimate of drug-likeness (QED) is 0.198. The molecule has 0 amide bonds. The predicted octanol–water partition coefficient (Wildman–Crippen LogP) is 10.6. The van der Waals surface area contributed by atoms with Gasteiger partial charge < -0.3 is 4.57 Å². The van der Waals surface area contributed by atoms with Crippen molar-refractivity contribution in [1.29, 1.82) is 0 Å². The summed E-state index contributed by atoms with van der Waals surface area (Å²) < 4.78 is 5.19. The molecule has 0 aliphatic heterocycles. The highest BCUT2D eigenvalue weighted by molar-refractivity contribution is 7.27. The second-order valence-corrected chi connectivity index (χ2v) is 11.2. The summed E-state index contributed by atoms with van der Waals surface area (Å²) in [6, 6.07) is 46.8. The highest BCUT2D eigenvalue weighted by Gasteiger charge is 2.22. The molecule has 0 saturated heterocycles. The fraction of sp³-hybridized carbons (Fsp3) is 0. The number of hydrogen-bond donors (Lipinski definition) is 0. The van der Waals surface area contributed by atoms with Gasteiger partial charge in [-0.1, -0.05) is 103 Å². The SMILES string of the molecule is c1ccc2cc(-n3c4ccccc4c4c5ccc6ccccc6c5c5c6ccccc6sc5c43)ccc2c1. The van der Waals surface area contributed by atoms with E-state index in [1.165, 1.54) is 80.0 Å². The number of hydrogen-bond acceptors (Lipinski definition) is 1. The average molecular weight is 500 g/mol. The van der Waals surface area contributed by atoms with Crippen molar-refractivity contribution in [3.8, 4) is 5.69 Å². The molecular weight excluding hydrogens is 478 g/mol. The van der Waals surface area contributed by atoms with E-state index in [-0.39, 0.29) is 0 Å². The lowest BCUT2D eigenvalue weighted by Crippen LogP contribution is -1.94. The highest BCUT2D eigenvalue weighted by atomic mass is 32.1. The van der Waals surface area contributed by atoms with E-state index in [4.69, 9.17) is 0 Å². The Morgan fingerprint density at radius 2 is 1.13 bits per heavy atom. The van der Waals surface area contributed by atoms with E-state index >= 15 is 0 Å². The second kappa shape index (κ2) is 7.44. The molecule has 2 heteroatoms. The van der Waals surface area contributed by atoms with Gasteiger partial charge in [0.05, 0.1) is 15.7 Å². The molecular formula is C36H21NS. The van der Waals surface area contributed by atoms with Crippen LogP contribution in [0.2, 0.25) is 0 Å². The van der Waals surface area contributed by atoms with Crippen molar-refractivity contribution in [2.75, 3.05) is 0 Å². The van der Waals surface area contributed by atoms with Crippen molar-refractivity contribution in [2.24, 2.45) is 0 Å². The summed E-state index contributed by atoms with van der Waals surface area (Å²) in [5.41, 5.74) is 3.76. The number of fused-ring (bicyclic) bond motifs is 13. The van der Waals surface area contributed by atoms with E-state index in [0.29, 0.717) is 0 Å². The minimum atomic E-state index is 1.20. The van der Waals surface area contributed by atoms with Crippen molar-refractivity contribution in [3.63, 3.8) is 0 Å². The van der Waals surface area contributed by atoms with Gasteiger partial charge in [-0.3, -0.25) is 0 Å². The molecule has 0 N–H and O–H groups in total. The standard InChI is InChI=1S/C36H21NS/c1-2-11-24-21-25(19-17-22(24)9-1)37-30-15-7-5-13-27(30)33-29-20-18-23-10-3-4-12-26(23)32(29)34-28-14-6-8-16-31(28)38-36(34)35(33)37/h1-21H. The van der Waals surface area contributed by atoms with Crippen LogP contribution in [0, 0.1) is 0 Å². The first-order valence-corrected chi connectivity index (χ1v) is 13.9. The lowest BCUT2D eigenvalue weighted by atomic mass is 9.94. The zero-order chi connectivity index (χ0) is 24.8. The van der Waals surface area contributed by atoms with Crippen LogP contribution in [0.1, 0.15) is 0 Å². The Bertz CT molecular complexity index is 2400. The Labute approximate surface area is 222 Å². The summed E-state index contributed by atoms with van der Waals surface area (Å²) in [7, 11) is 0. The van der Waals surface area contributed by atoms with Crippen LogP contribution in [0.3, 0.4) is 0 Å². The number of thiophene rings is 1. The van der Waals surface area contributed by atoms with Gasteiger partial charge in [0, 0.05) is 31.9 Å². The molecule has 0 aliphatic rings. The molecule has 9 rings (SSSR count). The lowest BCUT2D eigenvalue weighted by Gasteiger charge is -2.12. The van der Waals surface area contributed by atoms with Crippen molar-refractivity contribution in [2.45, 2.75) is 0 Å². The summed E-state index contributed by atoms with van der Waals surface area (Å²) in [4.78, 5) is 0. The predicted molar refractivity (Wildman–Crippen MR) is 166 cm³/mol. The smallest absolute Gasteiger partial charge is 0.0726 e. The Kier molecular flexibility index (Phi) is 3.99. The zero-order valence-electron chi connectivity index (χ0n) is 20.5. The molecule has 9 aromatic rings. The molecule has 38 heavy (non-hydrogen) atoms. The zero-order valence-corrected chi connectivity index (χ0v) is 21.3. The van der Waals surface area contributed by atoms with Gasteiger partial charge in [0.2, 0.25) is 0 Å². The molecule has 0 bridgehead atoms. The van der Waals surface area contributed by atoms with Gasteiger partial charge in [-0.2, -0.15) is 0 Å². The fourth-order valence-corrected chi connectivity index (χ4v) is 7.77. The molecule has 0 fully saturated rings. The van der Waals surface area contributed by atoms with Crippen LogP contribution in [-0.2, 0) is 0 Å². The van der Waals surface area contributed by atoms with Gasteiger partial charge in [0.1, 0.15) is 0 Å². The van der Waals surface area contributed by atoms with Crippen LogP contribution in [0.15, 0.2) is 127 Å². The van der Waals surface area contributed by atoms with Gasteiger partial charge in [-0.25, -0.2) is 0 Å². The van der Waals surface area contributed by atoms with Crippen LogP contribution in [0.5, 0.6) is 0 Å². The van der Waals surface area contributed by atoms with E-state index in [2.05, 4.69) is 132 Å². The van der Waals surface area contributed by atoms with Gasteiger partial charge in [-0.15, -0.1) is 11.3 Å². The molecule has 0 aliphatic carbocycles. The number of aromatic nitrogens is 1. The van der Waals surface area contributed by atoms with Crippen molar-refractivity contribution in [3.05, 3.63) is 127 Å². The van der Waals surface area contributed by atoms with E-state index in [0.717, 1.165) is 0 Å². The summed E-state index contributed by atoms with van der Waals surface area (Å²) >= 11 is 1.92. The summed E-state index contributed by atoms with van der Waals surface area (Å²) in [6.45, 7) is 0. The molecule has 176 valence electrons. The van der Waals surface area contributed by atoms with Crippen molar-refractivity contribution >= 4 is 85.6 Å². The summed E-state index contributed by atoms with van der Waals surface area (Å²) in [5.74, 6) is 0. The van der Waals surface area contributed by atoms with Crippen LogP contribution < -0.4 is 0 Å². The van der Waals surface area contributed by atoms with Crippen LogP contribution in [0.4, 0.5) is 0 Å². The molecule has 0 spiro atoms.